The molecule has 2 aliphatic rings. The van der Waals surface area contributed by atoms with Gasteiger partial charge in [-0.15, -0.1) is 0 Å². The summed E-state index contributed by atoms with van der Waals surface area (Å²) in [6, 6.07) is -7.59. The summed E-state index contributed by atoms with van der Waals surface area (Å²) in [6.45, 7) is 0. The number of carbonyl (C=O) groups is 1. The van der Waals surface area contributed by atoms with E-state index in [4.69, 9.17) is 0 Å². The highest BCUT2D eigenvalue weighted by Crippen LogP contribution is 2.72. The first-order valence-electron chi connectivity index (χ1n) is 6.34. The van der Waals surface area contributed by atoms with E-state index in [9.17, 15) is 79.4 Å². The molecule has 0 bridgehead atoms. The first-order valence-corrected chi connectivity index (χ1v) is 6.34. The van der Waals surface area contributed by atoms with Crippen molar-refractivity contribution in [1.82, 2.24) is 4.90 Å². The predicted octanol–water partition coefficient (Wildman–Crippen LogP) is 4.55. The fourth-order valence-electron chi connectivity index (χ4n) is 2.55. The molecule has 29 heavy (non-hydrogen) atoms. The number of hydrogen-bond acceptors (Lipinski definition) is 1. The third-order valence-electron chi connectivity index (χ3n) is 4.24. The van der Waals surface area contributed by atoms with Gasteiger partial charge in [0.15, 0.2) is 0 Å². The van der Waals surface area contributed by atoms with Crippen LogP contribution in [0.2, 0.25) is 0 Å². The lowest BCUT2D eigenvalue weighted by atomic mass is 9.76. The Morgan fingerprint density at radius 1 is 0.448 bits per heavy atom. The van der Waals surface area contributed by atoms with Gasteiger partial charge in [0, 0.05) is 0 Å². The molecular weight excluding hydrogens is 473 g/mol. The molecule has 0 aromatic rings. The van der Waals surface area contributed by atoms with Crippen LogP contribution in [0.15, 0.2) is 0 Å². The summed E-state index contributed by atoms with van der Waals surface area (Å²) in [4.78, 5) is 7.02. The lowest BCUT2D eigenvalue weighted by molar-refractivity contribution is -0.512. The van der Waals surface area contributed by atoms with E-state index in [0.29, 0.717) is 0 Å². The van der Waals surface area contributed by atoms with E-state index in [-0.39, 0.29) is 0 Å². The van der Waals surface area contributed by atoms with Crippen LogP contribution in [0.1, 0.15) is 0 Å². The zero-order chi connectivity index (χ0) is 23.7. The van der Waals surface area contributed by atoms with Crippen LogP contribution in [0.5, 0.6) is 0 Å². The van der Waals surface area contributed by atoms with Gasteiger partial charge in [0.2, 0.25) is 0 Å². The van der Waals surface area contributed by atoms with Crippen molar-refractivity contribution in [3.05, 3.63) is 0 Å². The predicted molar refractivity (Wildman–Crippen MR) is 50.3 cm³/mol. The Balaban J connectivity index is 3.02. The van der Waals surface area contributed by atoms with Crippen LogP contribution in [0, 0.1) is 0 Å². The molecule has 2 rings (SSSR count). The van der Waals surface area contributed by atoms with Gasteiger partial charge in [0.1, 0.15) is 0 Å². The van der Waals surface area contributed by atoms with Gasteiger partial charge in [0.05, 0.1) is 0 Å². The second-order valence-electron chi connectivity index (χ2n) is 5.82. The van der Waals surface area contributed by atoms with Crippen molar-refractivity contribution in [2.75, 3.05) is 0 Å². The summed E-state index contributed by atoms with van der Waals surface area (Å²) < 4.78 is 226. The number of alkyl halides is 17. The summed E-state index contributed by atoms with van der Waals surface area (Å²) in [5, 5.41) is 0. The molecule has 170 valence electrons. The third kappa shape index (κ3) is 1.82. The van der Waals surface area contributed by atoms with Crippen LogP contribution in [-0.4, -0.2) is 64.1 Å². The lowest BCUT2D eigenvalue weighted by Gasteiger charge is -2.55. The zero-order valence-corrected chi connectivity index (χ0v) is 12.3. The first kappa shape index (κ1) is 23.6. The molecule has 0 N–H and O–H groups in total. The van der Waals surface area contributed by atoms with E-state index in [1.165, 1.54) is 0 Å². The van der Waals surface area contributed by atoms with Crippen molar-refractivity contribution in [2.45, 2.75) is 53.3 Å². The van der Waals surface area contributed by atoms with Gasteiger partial charge >= 0.3 is 59.2 Å². The van der Waals surface area contributed by atoms with Crippen LogP contribution >= 0.6 is 0 Å². The Morgan fingerprint density at radius 2 is 0.724 bits per heavy atom. The van der Waals surface area contributed by atoms with E-state index in [1.807, 2.05) is 0 Å². The average Bonchev–Trinajstić information content (AvgIpc) is 2.60. The molecule has 1 amide bonds. The van der Waals surface area contributed by atoms with Crippen molar-refractivity contribution in [3.8, 4) is 0 Å². The van der Waals surface area contributed by atoms with Gasteiger partial charge in [0.25, 0.3) is 0 Å². The standard InChI is InChI=1S/C10F17NO/c11-2(12)1(29)28(10(26,27)3(2,13)14)9(25)7(21,22)5(17,18)4(15,16)6(19,20)8(9,23)24. The minimum atomic E-state index is -8.23. The topological polar surface area (TPSA) is 20.3 Å². The summed E-state index contributed by atoms with van der Waals surface area (Å²) in [5.74, 6) is -68.0. The molecule has 1 saturated carbocycles. The molecule has 1 aliphatic heterocycles. The smallest absolute Gasteiger partial charge is 0.267 e. The minimum Gasteiger partial charge on any atom is -0.267 e. The summed E-state index contributed by atoms with van der Waals surface area (Å²) >= 11 is 0. The maximum atomic E-state index is 14.4. The largest absolute Gasteiger partial charge is 0.401 e. The van der Waals surface area contributed by atoms with E-state index in [0.717, 1.165) is 0 Å². The quantitative estimate of drug-likeness (QED) is 0.405. The van der Waals surface area contributed by atoms with Gasteiger partial charge < -0.3 is 0 Å². The molecule has 1 saturated heterocycles. The highest BCUT2D eigenvalue weighted by Gasteiger charge is 3.06. The molecular formula is C10F17NO. The van der Waals surface area contributed by atoms with Crippen LogP contribution in [0.25, 0.3) is 0 Å². The maximum absolute atomic E-state index is 14.4. The number of likely N-dealkylation sites (tertiary alicyclic amines) is 1. The SMILES string of the molecule is O=C1N(C2(F)C(F)(F)C(F)(F)C(F)(F)C(F)(F)C2(F)F)C(F)(F)C(F)(F)C1(F)F. The minimum absolute atomic E-state index is 3.93. The van der Waals surface area contributed by atoms with Crippen molar-refractivity contribution >= 4 is 5.91 Å². The molecule has 0 aromatic carbocycles. The Morgan fingerprint density at radius 3 is 0.966 bits per heavy atom. The van der Waals surface area contributed by atoms with Crippen molar-refractivity contribution in [3.63, 3.8) is 0 Å². The van der Waals surface area contributed by atoms with Gasteiger partial charge in [-0.3, -0.25) is 4.79 Å². The van der Waals surface area contributed by atoms with Gasteiger partial charge in [-0.2, -0.15) is 70.2 Å². The third-order valence-corrected chi connectivity index (χ3v) is 4.24. The van der Waals surface area contributed by atoms with Gasteiger partial charge in [-0.05, 0) is 0 Å². The second-order valence-corrected chi connectivity index (χ2v) is 5.82. The van der Waals surface area contributed by atoms with E-state index >= 15 is 0 Å². The molecule has 0 unspecified atom stereocenters. The summed E-state index contributed by atoms with van der Waals surface area (Å²) in [6.07, 6.45) is 0. The second kappa shape index (κ2) is 4.94. The van der Waals surface area contributed by atoms with E-state index in [2.05, 4.69) is 0 Å². The molecule has 19 heteroatoms. The van der Waals surface area contributed by atoms with Crippen LogP contribution in [0.4, 0.5) is 74.6 Å². The molecule has 2 nitrogen and oxygen atoms in total. The number of rotatable bonds is 1. The fourth-order valence-corrected chi connectivity index (χ4v) is 2.55. The number of nitrogens with zero attached hydrogens (tertiary/aromatic N) is 1. The number of halogens is 17. The monoisotopic (exact) mass is 473 g/mol. The Hall–Kier alpha value is -1.72. The Kier molecular flexibility index (Phi) is 4.02. The van der Waals surface area contributed by atoms with Gasteiger partial charge in [-0.1, -0.05) is 0 Å². The van der Waals surface area contributed by atoms with Crippen LogP contribution < -0.4 is 0 Å². The maximum Gasteiger partial charge on any atom is 0.401 e. The van der Waals surface area contributed by atoms with Crippen molar-refractivity contribution < 1.29 is 79.4 Å². The lowest BCUT2D eigenvalue weighted by Crippen LogP contribution is -2.88. The van der Waals surface area contributed by atoms with E-state index in [1.54, 1.807) is 0 Å². The Labute approximate surface area is 145 Å². The zero-order valence-electron chi connectivity index (χ0n) is 12.3. The molecule has 1 aliphatic carbocycles. The van der Waals surface area contributed by atoms with Crippen LogP contribution in [-0.2, 0) is 4.79 Å². The summed E-state index contributed by atoms with van der Waals surface area (Å²) in [5.41, 5.74) is 0. The van der Waals surface area contributed by atoms with Gasteiger partial charge in [-0.25, -0.2) is 9.29 Å². The highest BCUT2D eigenvalue weighted by atomic mass is 19.4. The first-order chi connectivity index (χ1) is 12.3. The molecule has 0 spiro atoms. The van der Waals surface area contributed by atoms with Crippen molar-refractivity contribution in [1.29, 1.82) is 0 Å². The van der Waals surface area contributed by atoms with Crippen molar-refractivity contribution in [2.24, 2.45) is 0 Å². The molecule has 0 atom stereocenters. The normalized spacial score (nSPS) is 34.1. The number of amides is 1. The molecule has 0 radical (unpaired) electrons. The number of carbonyl (C=O) groups excluding carboxylic acids is 1. The summed E-state index contributed by atoms with van der Waals surface area (Å²) in [7, 11) is 0. The fraction of sp³-hybridized carbons (Fsp3) is 0.900. The molecule has 2 fully saturated rings. The average molecular weight is 473 g/mol. The molecule has 1 heterocycles. The van der Waals surface area contributed by atoms with Crippen LogP contribution in [0.3, 0.4) is 0 Å². The Bertz CT molecular complexity index is 723. The molecule has 0 aromatic heterocycles. The number of hydrogen-bond donors (Lipinski definition) is 0. The van der Waals surface area contributed by atoms with E-state index < -0.39 is 64.1 Å². The highest BCUT2D eigenvalue weighted by molar-refractivity contribution is 5.89.